The van der Waals surface area contributed by atoms with Crippen LogP contribution in [0.15, 0.2) is 24.3 Å². The Hall–Kier alpha value is -2.45. The summed E-state index contributed by atoms with van der Waals surface area (Å²) in [5.41, 5.74) is 1.08. The number of benzene rings is 1. The lowest BCUT2D eigenvalue weighted by Crippen LogP contribution is -2.51. The second-order valence-corrected chi connectivity index (χ2v) is 7.01. The topological polar surface area (TPSA) is 91.0 Å². The first-order valence-electron chi connectivity index (χ1n) is 9.26. The molecule has 0 atom stereocenters. The monoisotopic (exact) mass is 374 g/mol. The van der Waals surface area contributed by atoms with Crippen molar-refractivity contribution in [3.63, 3.8) is 0 Å². The van der Waals surface area contributed by atoms with Crippen molar-refractivity contribution in [3.05, 3.63) is 29.8 Å². The van der Waals surface area contributed by atoms with Gasteiger partial charge in [0.1, 0.15) is 0 Å². The van der Waals surface area contributed by atoms with Crippen LogP contribution in [0, 0.1) is 0 Å². The van der Waals surface area contributed by atoms with Crippen LogP contribution in [-0.2, 0) is 14.3 Å². The van der Waals surface area contributed by atoms with Crippen molar-refractivity contribution in [3.8, 4) is 0 Å². The van der Waals surface area contributed by atoms with Crippen molar-refractivity contribution in [2.24, 2.45) is 0 Å². The number of amides is 2. The summed E-state index contributed by atoms with van der Waals surface area (Å²) in [6, 6.07) is 6.99. The van der Waals surface area contributed by atoms with Gasteiger partial charge in [0.05, 0.1) is 25.8 Å². The minimum Gasteiger partial charge on any atom is -0.465 e. The molecule has 1 heterocycles. The normalized spacial score (nSPS) is 18.0. The van der Waals surface area contributed by atoms with E-state index >= 15 is 0 Å². The Balaban J connectivity index is 1.37. The maximum atomic E-state index is 12.2. The molecule has 0 unspecified atom stereocenters. The lowest BCUT2D eigenvalue weighted by molar-refractivity contribution is -0.123. The number of ether oxygens (including phenoxy) is 1. The zero-order valence-electron chi connectivity index (χ0n) is 15.6. The Morgan fingerprint density at radius 2 is 1.52 bits per heavy atom. The SMILES string of the molecule is COC(=O)c1ccc(NC(=O)CN2CCN(CC(=O)NC3CC3)CC2)cc1. The van der Waals surface area contributed by atoms with Crippen molar-refractivity contribution in [1.29, 1.82) is 0 Å². The number of carbonyl (C=O) groups is 3. The van der Waals surface area contributed by atoms with E-state index < -0.39 is 5.97 Å². The van der Waals surface area contributed by atoms with Crippen LogP contribution in [0.3, 0.4) is 0 Å². The van der Waals surface area contributed by atoms with Crippen molar-refractivity contribution in [1.82, 2.24) is 15.1 Å². The summed E-state index contributed by atoms with van der Waals surface area (Å²) < 4.78 is 4.65. The van der Waals surface area contributed by atoms with Gasteiger partial charge in [-0.05, 0) is 37.1 Å². The number of esters is 1. The first-order valence-corrected chi connectivity index (χ1v) is 9.26. The highest BCUT2D eigenvalue weighted by molar-refractivity contribution is 5.94. The standard InChI is InChI=1S/C19H26N4O4/c1-27-19(26)14-2-4-15(5-3-14)20-17(24)12-22-8-10-23(11-9-22)13-18(25)21-16-6-7-16/h2-5,16H,6-13H2,1H3,(H,20,24)(H,21,25). The molecule has 146 valence electrons. The van der Waals surface area contributed by atoms with Crippen LogP contribution in [0.5, 0.6) is 0 Å². The number of piperazine rings is 1. The Kier molecular flexibility index (Phi) is 6.41. The molecule has 8 heteroatoms. The molecule has 2 fully saturated rings. The van der Waals surface area contributed by atoms with E-state index in [1.165, 1.54) is 7.11 Å². The maximum absolute atomic E-state index is 12.2. The zero-order valence-corrected chi connectivity index (χ0v) is 15.6. The highest BCUT2D eigenvalue weighted by atomic mass is 16.5. The average Bonchev–Trinajstić information content (AvgIpc) is 3.47. The van der Waals surface area contributed by atoms with Crippen molar-refractivity contribution in [2.45, 2.75) is 18.9 Å². The molecule has 2 N–H and O–H groups in total. The smallest absolute Gasteiger partial charge is 0.337 e. The minimum atomic E-state index is -0.406. The largest absolute Gasteiger partial charge is 0.465 e. The molecule has 1 saturated heterocycles. The summed E-state index contributed by atoms with van der Waals surface area (Å²) in [6.07, 6.45) is 2.19. The molecule has 1 saturated carbocycles. The number of hydrogen-bond donors (Lipinski definition) is 2. The first kappa shape index (κ1) is 19.3. The van der Waals surface area contributed by atoms with Gasteiger partial charge in [-0.1, -0.05) is 0 Å². The summed E-state index contributed by atoms with van der Waals surface area (Å²) in [5, 5.41) is 5.83. The fourth-order valence-electron chi connectivity index (χ4n) is 3.02. The molecule has 1 aliphatic heterocycles. The average molecular weight is 374 g/mol. The molecule has 0 aromatic heterocycles. The van der Waals surface area contributed by atoms with Gasteiger partial charge in [-0.2, -0.15) is 0 Å². The molecule has 27 heavy (non-hydrogen) atoms. The number of nitrogens with zero attached hydrogens (tertiary/aromatic N) is 2. The third-order valence-corrected chi connectivity index (χ3v) is 4.73. The van der Waals surface area contributed by atoms with Crippen LogP contribution in [0.2, 0.25) is 0 Å². The minimum absolute atomic E-state index is 0.0964. The van der Waals surface area contributed by atoms with Gasteiger partial charge in [0.15, 0.2) is 0 Å². The van der Waals surface area contributed by atoms with E-state index in [-0.39, 0.29) is 11.8 Å². The van der Waals surface area contributed by atoms with E-state index in [4.69, 9.17) is 0 Å². The van der Waals surface area contributed by atoms with E-state index in [1.54, 1.807) is 24.3 Å². The molecule has 1 aromatic carbocycles. The van der Waals surface area contributed by atoms with Crippen molar-refractivity contribution < 1.29 is 19.1 Å². The summed E-state index contributed by atoms with van der Waals surface area (Å²) in [5.74, 6) is -0.406. The first-order chi connectivity index (χ1) is 13.0. The van der Waals surface area contributed by atoms with Gasteiger partial charge in [-0.3, -0.25) is 19.4 Å². The molecule has 1 aliphatic carbocycles. The second-order valence-electron chi connectivity index (χ2n) is 7.01. The number of methoxy groups -OCH3 is 1. The maximum Gasteiger partial charge on any atom is 0.337 e. The van der Waals surface area contributed by atoms with Crippen LogP contribution >= 0.6 is 0 Å². The van der Waals surface area contributed by atoms with Crippen LogP contribution in [0.25, 0.3) is 0 Å². The van der Waals surface area contributed by atoms with Gasteiger partial charge in [0.2, 0.25) is 11.8 Å². The van der Waals surface area contributed by atoms with Crippen LogP contribution < -0.4 is 10.6 Å². The number of hydrogen-bond acceptors (Lipinski definition) is 6. The molecule has 2 aliphatic rings. The van der Waals surface area contributed by atoms with Gasteiger partial charge in [0, 0.05) is 37.9 Å². The number of nitrogens with one attached hydrogen (secondary N) is 2. The third kappa shape index (κ3) is 6.04. The summed E-state index contributed by atoms with van der Waals surface area (Å²) >= 11 is 0. The third-order valence-electron chi connectivity index (χ3n) is 4.73. The Bertz CT molecular complexity index is 679. The molecule has 2 amide bonds. The second kappa shape index (κ2) is 8.96. The molecule has 0 radical (unpaired) electrons. The van der Waals surface area contributed by atoms with E-state index in [0.29, 0.717) is 30.4 Å². The van der Waals surface area contributed by atoms with E-state index in [2.05, 4.69) is 25.2 Å². The van der Waals surface area contributed by atoms with E-state index in [1.807, 2.05) is 0 Å². The fraction of sp³-hybridized carbons (Fsp3) is 0.526. The molecule has 0 spiro atoms. The van der Waals surface area contributed by atoms with Gasteiger partial charge in [-0.15, -0.1) is 0 Å². The fourth-order valence-corrected chi connectivity index (χ4v) is 3.02. The lowest BCUT2D eigenvalue weighted by atomic mass is 10.2. The Morgan fingerprint density at radius 3 is 2.04 bits per heavy atom. The summed E-state index contributed by atoms with van der Waals surface area (Å²) in [6.45, 7) is 3.80. The van der Waals surface area contributed by atoms with Gasteiger partial charge < -0.3 is 15.4 Å². The Labute approximate surface area is 158 Å². The van der Waals surface area contributed by atoms with Crippen molar-refractivity contribution in [2.75, 3.05) is 51.7 Å². The van der Waals surface area contributed by atoms with E-state index in [0.717, 1.165) is 39.0 Å². The van der Waals surface area contributed by atoms with Gasteiger partial charge >= 0.3 is 5.97 Å². The predicted molar refractivity (Wildman–Crippen MR) is 100 cm³/mol. The zero-order chi connectivity index (χ0) is 19.2. The molecule has 8 nitrogen and oxygen atoms in total. The summed E-state index contributed by atoms with van der Waals surface area (Å²) in [4.78, 5) is 39.7. The van der Waals surface area contributed by atoms with Crippen LogP contribution in [0.4, 0.5) is 5.69 Å². The van der Waals surface area contributed by atoms with Gasteiger partial charge in [0.25, 0.3) is 0 Å². The molecule has 3 rings (SSSR count). The van der Waals surface area contributed by atoms with E-state index in [9.17, 15) is 14.4 Å². The molecule has 1 aromatic rings. The van der Waals surface area contributed by atoms with Crippen LogP contribution in [-0.4, -0.2) is 80.0 Å². The predicted octanol–water partition coefficient (Wildman–Crippen LogP) is 0.308. The number of carbonyl (C=O) groups excluding carboxylic acids is 3. The summed E-state index contributed by atoms with van der Waals surface area (Å²) in [7, 11) is 1.33. The quantitative estimate of drug-likeness (QED) is 0.668. The lowest BCUT2D eigenvalue weighted by Gasteiger charge is -2.33. The highest BCUT2D eigenvalue weighted by Gasteiger charge is 2.25. The number of anilines is 1. The molecular formula is C19H26N4O4. The van der Waals surface area contributed by atoms with Crippen molar-refractivity contribution >= 4 is 23.5 Å². The van der Waals surface area contributed by atoms with Gasteiger partial charge in [-0.25, -0.2) is 4.79 Å². The number of rotatable bonds is 7. The Morgan fingerprint density at radius 1 is 0.963 bits per heavy atom. The molecular weight excluding hydrogens is 348 g/mol. The van der Waals surface area contributed by atoms with Crippen LogP contribution in [0.1, 0.15) is 23.2 Å². The molecule has 0 bridgehead atoms. The highest BCUT2D eigenvalue weighted by Crippen LogP contribution is 2.18.